The SMILES string of the molecule is CCN1NNN=C1NC(=O)c1ccc(OC(F)(F)C(F)F)c(S(C)(=O)=O)c1Cl. The van der Waals surface area contributed by atoms with Gasteiger partial charge in [0.1, 0.15) is 10.6 Å². The molecule has 9 nitrogen and oxygen atoms in total. The molecule has 1 aromatic carbocycles. The van der Waals surface area contributed by atoms with Crippen LogP contribution >= 0.6 is 11.6 Å². The van der Waals surface area contributed by atoms with E-state index in [0.717, 1.165) is 6.07 Å². The van der Waals surface area contributed by atoms with Gasteiger partial charge in [-0.2, -0.15) is 17.6 Å². The Kier molecular flexibility index (Phi) is 6.25. The van der Waals surface area contributed by atoms with E-state index in [1.54, 1.807) is 6.92 Å². The molecule has 28 heavy (non-hydrogen) atoms. The standard InChI is InChI=1S/C13H14ClF4N5O4S/c1-3-23-12(20-21-22-23)19-10(24)6-4-5-7(27-13(17,18)11(15)16)9(8(6)14)28(2,25)26/h4-5,11,21-22H,3H2,1-2H3,(H,19,20,24). The van der Waals surface area contributed by atoms with E-state index in [4.69, 9.17) is 11.6 Å². The number of nitrogens with one attached hydrogen (secondary N) is 3. The molecule has 0 bridgehead atoms. The lowest BCUT2D eigenvalue weighted by molar-refractivity contribution is -0.254. The van der Waals surface area contributed by atoms with E-state index < -0.39 is 49.5 Å². The first-order valence-electron chi connectivity index (χ1n) is 7.43. The number of rotatable bonds is 6. The number of hydrogen-bond acceptors (Lipinski definition) is 8. The maximum Gasteiger partial charge on any atom is 0.461 e. The van der Waals surface area contributed by atoms with Gasteiger partial charge >= 0.3 is 12.5 Å². The number of benzene rings is 1. The molecule has 1 aliphatic heterocycles. The molecule has 156 valence electrons. The molecule has 0 fully saturated rings. The Bertz CT molecular complexity index is 912. The van der Waals surface area contributed by atoms with Crippen LogP contribution in [0.15, 0.2) is 22.1 Å². The molecule has 1 heterocycles. The molecule has 1 amide bonds. The maximum absolute atomic E-state index is 13.2. The van der Waals surface area contributed by atoms with E-state index in [2.05, 4.69) is 26.2 Å². The van der Waals surface area contributed by atoms with Crippen molar-refractivity contribution in [3.05, 3.63) is 22.7 Å². The van der Waals surface area contributed by atoms with E-state index in [1.807, 2.05) is 0 Å². The highest BCUT2D eigenvalue weighted by molar-refractivity contribution is 7.91. The quantitative estimate of drug-likeness (QED) is 0.564. The van der Waals surface area contributed by atoms with Crippen molar-refractivity contribution >= 4 is 33.3 Å². The minimum absolute atomic E-state index is 0.0223. The highest BCUT2D eigenvalue weighted by atomic mass is 35.5. The second-order valence-electron chi connectivity index (χ2n) is 5.35. The number of alkyl halides is 4. The average Bonchev–Trinajstić information content (AvgIpc) is 3.00. The zero-order valence-electron chi connectivity index (χ0n) is 14.3. The largest absolute Gasteiger partial charge is 0.461 e. The van der Waals surface area contributed by atoms with Crippen molar-refractivity contribution in [2.75, 3.05) is 12.8 Å². The van der Waals surface area contributed by atoms with E-state index in [9.17, 15) is 30.8 Å². The second kappa shape index (κ2) is 7.97. The summed E-state index contributed by atoms with van der Waals surface area (Å²) in [5, 5.41) is 6.65. The summed E-state index contributed by atoms with van der Waals surface area (Å²) < 4.78 is 79.0. The highest BCUT2D eigenvalue weighted by Crippen LogP contribution is 2.38. The van der Waals surface area contributed by atoms with Crippen molar-refractivity contribution in [1.82, 2.24) is 21.4 Å². The summed E-state index contributed by atoms with van der Waals surface area (Å²) in [6, 6.07) is 1.49. The third-order valence-corrected chi connectivity index (χ3v) is 4.97. The number of guanidine groups is 1. The number of carbonyl (C=O) groups is 1. The minimum atomic E-state index is -4.97. The van der Waals surface area contributed by atoms with Crippen LogP contribution in [0.4, 0.5) is 17.6 Å². The zero-order valence-corrected chi connectivity index (χ0v) is 15.8. The minimum Gasteiger partial charge on any atom is -0.427 e. The van der Waals surface area contributed by atoms with Gasteiger partial charge in [-0.25, -0.2) is 14.0 Å². The van der Waals surface area contributed by atoms with Crippen LogP contribution < -0.4 is 21.1 Å². The first kappa shape index (κ1) is 22.0. The number of nitrogens with zero attached hydrogens (tertiary/aromatic N) is 2. The summed E-state index contributed by atoms with van der Waals surface area (Å²) in [7, 11) is -4.34. The van der Waals surface area contributed by atoms with Crippen molar-refractivity contribution in [2.45, 2.75) is 24.4 Å². The van der Waals surface area contributed by atoms with Gasteiger partial charge in [0.15, 0.2) is 9.84 Å². The fourth-order valence-corrected chi connectivity index (χ4v) is 3.65. The van der Waals surface area contributed by atoms with Crippen LogP contribution in [0, 0.1) is 0 Å². The molecule has 0 saturated carbocycles. The first-order chi connectivity index (χ1) is 12.9. The van der Waals surface area contributed by atoms with Crippen LogP contribution in [0.2, 0.25) is 5.02 Å². The number of hydrazine groups is 2. The Morgan fingerprint density at radius 2 is 2.07 bits per heavy atom. The Hall–Kier alpha value is -2.32. The molecule has 0 saturated heterocycles. The van der Waals surface area contributed by atoms with Crippen LogP contribution in [0.1, 0.15) is 17.3 Å². The fraction of sp³-hybridized carbons (Fsp3) is 0.385. The molecule has 0 spiro atoms. The zero-order chi connectivity index (χ0) is 21.3. The van der Waals surface area contributed by atoms with E-state index >= 15 is 0 Å². The smallest absolute Gasteiger partial charge is 0.427 e. The Balaban J connectivity index is 2.44. The molecule has 3 N–H and O–H groups in total. The monoisotopic (exact) mass is 447 g/mol. The molecule has 0 aromatic heterocycles. The van der Waals surface area contributed by atoms with Crippen molar-refractivity contribution in [1.29, 1.82) is 0 Å². The van der Waals surface area contributed by atoms with Crippen LogP contribution in [0.3, 0.4) is 0 Å². The number of ether oxygens (including phenoxy) is 1. The summed E-state index contributed by atoms with van der Waals surface area (Å²) in [5.41, 5.74) is 4.51. The van der Waals surface area contributed by atoms with Gasteiger partial charge in [-0.15, -0.1) is 10.6 Å². The van der Waals surface area contributed by atoms with Gasteiger partial charge in [0.05, 0.1) is 10.6 Å². The van der Waals surface area contributed by atoms with E-state index in [0.29, 0.717) is 18.9 Å². The third kappa shape index (κ3) is 4.56. The first-order valence-corrected chi connectivity index (χ1v) is 9.70. The lowest BCUT2D eigenvalue weighted by atomic mass is 10.2. The normalized spacial score (nSPS) is 14.7. The molecule has 2 rings (SSSR count). The van der Waals surface area contributed by atoms with Crippen molar-refractivity contribution in [2.24, 2.45) is 5.10 Å². The molecule has 0 radical (unpaired) electrons. The van der Waals surface area contributed by atoms with Crippen LogP contribution in [-0.2, 0) is 9.84 Å². The van der Waals surface area contributed by atoms with Gasteiger partial charge < -0.3 is 4.74 Å². The van der Waals surface area contributed by atoms with Gasteiger partial charge in [-0.1, -0.05) is 11.6 Å². The summed E-state index contributed by atoms with van der Waals surface area (Å²) in [6.07, 6.45) is -8.59. The van der Waals surface area contributed by atoms with Gasteiger partial charge in [0.25, 0.3) is 5.91 Å². The molecular weight excluding hydrogens is 434 g/mol. The number of amides is 1. The highest BCUT2D eigenvalue weighted by Gasteiger charge is 2.45. The number of hydrogen-bond donors (Lipinski definition) is 3. The number of halogens is 5. The van der Waals surface area contributed by atoms with Gasteiger partial charge in [-0.05, 0) is 19.1 Å². The predicted octanol–water partition coefficient (Wildman–Crippen LogP) is 1.33. The Morgan fingerprint density at radius 3 is 2.61 bits per heavy atom. The third-order valence-electron chi connectivity index (χ3n) is 3.32. The second-order valence-corrected chi connectivity index (χ2v) is 7.68. The van der Waals surface area contributed by atoms with Crippen LogP contribution in [0.5, 0.6) is 5.75 Å². The van der Waals surface area contributed by atoms with E-state index in [-0.39, 0.29) is 5.96 Å². The predicted molar refractivity (Wildman–Crippen MR) is 89.7 cm³/mol. The topological polar surface area (TPSA) is 112 Å². The molecule has 0 aliphatic carbocycles. The van der Waals surface area contributed by atoms with Crippen molar-refractivity contribution in [3.63, 3.8) is 0 Å². The Labute approximate surface area is 161 Å². The number of sulfone groups is 1. The molecule has 0 unspecified atom stereocenters. The van der Waals surface area contributed by atoms with Crippen LogP contribution in [0.25, 0.3) is 0 Å². The van der Waals surface area contributed by atoms with Crippen molar-refractivity contribution in [3.8, 4) is 5.75 Å². The molecule has 15 heteroatoms. The van der Waals surface area contributed by atoms with Crippen molar-refractivity contribution < 1.29 is 35.5 Å². The summed E-state index contributed by atoms with van der Waals surface area (Å²) >= 11 is 5.92. The molecular formula is C13H14ClF4N5O4S. The molecule has 1 aliphatic rings. The summed E-state index contributed by atoms with van der Waals surface area (Å²) in [6.45, 7) is 2.11. The van der Waals surface area contributed by atoms with E-state index in [1.165, 1.54) is 5.01 Å². The number of carbonyl (C=O) groups excluding carboxylic acids is 1. The number of hydrazone groups is 1. The molecule has 1 aromatic rings. The van der Waals surface area contributed by atoms with Crippen LogP contribution in [-0.4, -0.2) is 50.6 Å². The average molecular weight is 448 g/mol. The fourth-order valence-electron chi connectivity index (χ4n) is 2.08. The summed E-state index contributed by atoms with van der Waals surface area (Å²) in [4.78, 5) is 11.4. The molecule has 0 atom stereocenters. The summed E-state index contributed by atoms with van der Waals surface area (Å²) in [5.74, 6) is -2.02. The lowest BCUT2D eigenvalue weighted by Crippen LogP contribution is -2.47. The van der Waals surface area contributed by atoms with Gasteiger partial charge in [-0.3, -0.25) is 15.1 Å². The maximum atomic E-state index is 13.2. The lowest BCUT2D eigenvalue weighted by Gasteiger charge is -2.20. The van der Waals surface area contributed by atoms with Gasteiger partial charge in [0, 0.05) is 12.8 Å². The van der Waals surface area contributed by atoms with Gasteiger partial charge in [0.2, 0.25) is 5.96 Å². The Morgan fingerprint density at radius 1 is 1.43 bits per heavy atom.